The van der Waals surface area contributed by atoms with Crippen molar-refractivity contribution in [2.24, 2.45) is 0 Å². The number of hydrogen-bond donors (Lipinski definition) is 1. The van der Waals surface area contributed by atoms with Crippen LogP contribution in [-0.2, 0) is 6.42 Å². The minimum absolute atomic E-state index is 0.0974. The number of rotatable bonds is 2. The summed E-state index contributed by atoms with van der Waals surface area (Å²) in [6.45, 7) is 1.81. The lowest BCUT2D eigenvalue weighted by molar-refractivity contribution is 0.859. The maximum atomic E-state index is 11.8. The highest BCUT2D eigenvalue weighted by atomic mass is 35.5. The van der Waals surface area contributed by atoms with E-state index in [-0.39, 0.29) is 5.56 Å². The Balaban J connectivity index is 2.02. The average Bonchev–Trinajstić information content (AvgIpc) is 2.71. The lowest BCUT2D eigenvalue weighted by Crippen LogP contribution is -2.14. The molecule has 0 aliphatic heterocycles. The molecule has 5 heteroatoms. The summed E-state index contributed by atoms with van der Waals surface area (Å²) in [5, 5.41) is 3.77. The van der Waals surface area contributed by atoms with Crippen LogP contribution in [0.3, 0.4) is 0 Å². The second-order valence-electron chi connectivity index (χ2n) is 4.52. The Morgan fingerprint density at radius 3 is 2.95 bits per heavy atom. The van der Waals surface area contributed by atoms with E-state index < -0.39 is 0 Å². The van der Waals surface area contributed by atoms with Gasteiger partial charge in [-0.15, -0.1) is 0 Å². The minimum Gasteiger partial charge on any atom is -0.293 e. The van der Waals surface area contributed by atoms with Crippen LogP contribution in [0.1, 0.15) is 17.0 Å². The Hall–Kier alpha value is -2.07. The van der Waals surface area contributed by atoms with Crippen LogP contribution >= 0.6 is 11.6 Å². The summed E-state index contributed by atoms with van der Waals surface area (Å²) in [4.78, 5) is 16.1. The van der Waals surface area contributed by atoms with E-state index in [1.807, 2.05) is 37.3 Å². The molecule has 0 saturated heterocycles. The normalized spacial score (nSPS) is 11.1. The summed E-state index contributed by atoms with van der Waals surface area (Å²) in [7, 11) is 0. The van der Waals surface area contributed by atoms with Gasteiger partial charge in [-0.1, -0.05) is 23.7 Å². The van der Waals surface area contributed by atoms with Crippen LogP contribution in [-0.4, -0.2) is 14.6 Å². The highest BCUT2D eigenvalue weighted by Crippen LogP contribution is 2.14. The molecular weight excluding hydrogens is 262 g/mol. The Morgan fingerprint density at radius 2 is 2.16 bits per heavy atom. The van der Waals surface area contributed by atoms with Crippen LogP contribution < -0.4 is 5.56 Å². The molecule has 96 valence electrons. The van der Waals surface area contributed by atoms with E-state index in [4.69, 9.17) is 11.6 Å². The Kier molecular flexibility index (Phi) is 2.87. The van der Waals surface area contributed by atoms with Gasteiger partial charge in [0.15, 0.2) is 5.65 Å². The molecule has 3 aromatic rings. The van der Waals surface area contributed by atoms with Gasteiger partial charge >= 0.3 is 0 Å². The monoisotopic (exact) mass is 273 g/mol. The van der Waals surface area contributed by atoms with Gasteiger partial charge in [0.1, 0.15) is 0 Å². The minimum atomic E-state index is -0.0974. The van der Waals surface area contributed by atoms with E-state index >= 15 is 0 Å². The number of halogens is 1. The van der Waals surface area contributed by atoms with Gasteiger partial charge < -0.3 is 0 Å². The summed E-state index contributed by atoms with van der Waals surface area (Å²) in [5.74, 6) is 0. The molecule has 0 aliphatic carbocycles. The maximum Gasteiger partial charge on any atom is 0.272 e. The lowest BCUT2D eigenvalue weighted by Gasteiger charge is -1.99. The smallest absolute Gasteiger partial charge is 0.272 e. The number of aromatic amines is 1. The zero-order valence-electron chi connectivity index (χ0n) is 10.4. The number of aryl methyl sites for hydroxylation is 1. The van der Waals surface area contributed by atoms with Gasteiger partial charge in [-0.2, -0.15) is 0 Å². The van der Waals surface area contributed by atoms with E-state index in [1.54, 1.807) is 0 Å². The van der Waals surface area contributed by atoms with Crippen molar-refractivity contribution in [1.82, 2.24) is 14.6 Å². The van der Waals surface area contributed by atoms with Crippen LogP contribution in [0.15, 0.2) is 41.2 Å². The van der Waals surface area contributed by atoms with Crippen molar-refractivity contribution < 1.29 is 0 Å². The summed E-state index contributed by atoms with van der Waals surface area (Å²) in [6, 6.07) is 11.1. The first kappa shape index (κ1) is 12.0. The number of H-pyrrole nitrogens is 1. The van der Waals surface area contributed by atoms with Crippen LogP contribution in [0.4, 0.5) is 0 Å². The predicted octanol–water partition coefficient (Wildman–Crippen LogP) is 2.58. The van der Waals surface area contributed by atoms with Gasteiger partial charge in [0, 0.05) is 35.0 Å². The van der Waals surface area contributed by atoms with E-state index in [0.717, 1.165) is 17.0 Å². The number of hydrogen-bond acceptors (Lipinski definition) is 2. The van der Waals surface area contributed by atoms with Crippen molar-refractivity contribution in [2.45, 2.75) is 13.3 Å². The molecule has 4 nitrogen and oxygen atoms in total. The number of nitrogens with one attached hydrogen (secondary N) is 1. The second-order valence-corrected chi connectivity index (χ2v) is 4.95. The van der Waals surface area contributed by atoms with Gasteiger partial charge in [0.25, 0.3) is 5.56 Å². The number of benzene rings is 1. The first-order chi connectivity index (χ1) is 9.11. The van der Waals surface area contributed by atoms with Gasteiger partial charge in [0.05, 0.1) is 0 Å². The van der Waals surface area contributed by atoms with Crippen LogP contribution in [0.25, 0.3) is 5.65 Å². The SMILES string of the molecule is Cc1cc(=O)n2[nH]c(Cc3cccc(Cl)c3)cc2n1. The Labute approximate surface area is 114 Å². The van der Waals surface area contributed by atoms with Crippen LogP contribution in [0.5, 0.6) is 0 Å². The predicted molar refractivity (Wildman–Crippen MR) is 74.8 cm³/mol. The molecule has 0 atom stereocenters. The summed E-state index contributed by atoms with van der Waals surface area (Å²) in [5.41, 5.74) is 3.28. The van der Waals surface area contributed by atoms with Gasteiger partial charge in [-0.05, 0) is 24.6 Å². The molecule has 0 saturated carbocycles. The van der Waals surface area contributed by atoms with Crippen molar-refractivity contribution in [3.63, 3.8) is 0 Å². The van der Waals surface area contributed by atoms with E-state index in [9.17, 15) is 4.79 Å². The molecule has 3 rings (SSSR count). The van der Waals surface area contributed by atoms with Crippen molar-refractivity contribution >= 4 is 17.2 Å². The third-order valence-electron chi connectivity index (χ3n) is 2.92. The molecule has 0 amide bonds. The molecule has 2 heterocycles. The first-order valence-corrected chi connectivity index (χ1v) is 6.32. The van der Waals surface area contributed by atoms with Crippen molar-refractivity contribution in [1.29, 1.82) is 0 Å². The van der Waals surface area contributed by atoms with Crippen LogP contribution in [0.2, 0.25) is 5.02 Å². The standard InChI is InChI=1S/C14H12ClN3O/c1-9-5-14(19)18-13(16-9)8-12(17-18)7-10-3-2-4-11(15)6-10/h2-6,8,17H,7H2,1H3. The molecule has 0 spiro atoms. The molecule has 2 aromatic heterocycles. The fourth-order valence-electron chi connectivity index (χ4n) is 2.12. The summed E-state index contributed by atoms with van der Waals surface area (Å²) >= 11 is 5.96. The van der Waals surface area contributed by atoms with E-state index in [0.29, 0.717) is 17.1 Å². The number of aromatic nitrogens is 3. The molecule has 19 heavy (non-hydrogen) atoms. The van der Waals surface area contributed by atoms with E-state index in [2.05, 4.69) is 10.1 Å². The number of fused-ring (bicyclic) bond motifs is 1. The fourth-order valence-corrected chi connectivity index (χ4v) is 2.33. The second kappa shape index (κ2) is 4.55. The van der Waals surface area contributed by atoms with E-state index in [1.165, 1.54) is 10.6 Å². The van der Waals surface area contributed by atoms with Gasteiger partial charge in [-0.3, -0.25) is 9.89 Å². The van der Waals surface area contributed by atoms with Gasteiger partial charge in [0.2, 0.25) is 0 Å². The Morgan fingerprint density at radius 1 is 1.32 bits per heavy atom. The zero-order valence-corrected chi connectivity index (χ0v) is 11.1. The van der Waals surface area contributed by atoms with Crippen molar-refractivity contribution in [3.8, 4) is 0 Å². The topological polar surface area (TPSA) is 50.2 Å². The largest absolute Gasteiger partial charge is 0.293 e. The molecule has 1 N–H and O–H groups in total. The van der Waals surface area contributed by atoms with Gasteiger partial charge in [-0.25, -0.2) is 9.50 Å². The van der Waals surface area contributed by atoms with Crippen molar-refractivity contribution in [3.05, 3.63) is 68.7 Å². The third kappa shape index (κ3) is 2.39. The summed E-state index contributed by atoms with van der Waals surface area (Å²) < 4.78 is 1.45. The molecule has 0 fully saturated rings. The summed E-state index contributed by atoms with van der Waals surface area (Å²) in [6.07, 6.45) is 0.683. The highest BCUT2D eigenvalue weighted by Gasteiger charge is 2.05. The molecule has 0 radical (unpaired) electrons. The molecule has 0 bridgehead atoms. The maximum absolute atomic E-state index is 11.8. The van der Waals surface area contributed by atoms with Crippen molar-refractivity contribution in [2.75, 3.05) is 0 Å². The Bertz CT molecular complexity index is 804. The quantitative estimate of drug-likeness (QED) is 0.780. The average molecular weight is 274 g/mol. The first-order valence-electron chi connectivity index (χ1n) is 5.94. The zero-order chi connectivity index (χ0) is 13.4. The highest BCUT2D eigenvalue weighted by molar-refractivity contribution is 6.30. The molecular formula is C14H12ClN3O. The lowest BCUT2D eigenvalue weighted by atomic mass is 10.1. The third-order valence-corrected chi connectivity index (χ3v) is 3.15. The molecule has 1 aromatic carbocycles. The molecule has 0 aliphatic rings. The van der Waals surface area contributed by atoms with Crippen LogP contribution in [0, 0.1) is 6.92 Å². The fraction of sp³-hybridized carbons (Fsp3) is 0.143. The molecule has 0 unspecified atom stereocenters. The number of nitrogens with zero attached hydrogens (tertiary/aromatic N) is 2.